The molecule has 0 atom stereocenters. The van der Waals surface area contributed by atoms with E-state index in [0.717, 1.165) is 22.9 Å². The number of alkyl halides is 3. The molecule has 3 aromatic carbocycles. The maximum absolute atomic E-state index is 12.8. The average molecular weight is 381 g/mol. The second-order valence-corrected chi connectivity index (χ2v) is 6.30. The Balaban J connectivity index is 1.98. The highest BCUT2D eigenvalue weighted by molar-refractivity contribution is 6.13. The van der Waals surface area contributed by atoms with Gasteiger partial charge in [0.2, 0.25) is 0 Å². The predicted molar refractivity (Wildman–Crippen MR) is 101 cm³/mol. The number of fused-ring (bicyclic) bond motifs is 3. The maximum Gasteiger partial charge on any atom is 0.416 e. The van der Waals surface area contributed by atoms with Crippen LogP contribution in [0.4, 0.5) is 13.2 Å². The van der Waals surface area contributed by atoms with Gasteiger partial charge in [-0.15, -0.1) is 0 Å². The van der Waals surface area contributed by atoms with Crippen molar-refractivity contribution in [2.75, 3.05) is 7.11 Å². The highest BCUT2D eigenvalue weighted by Gasteiger charge is 2.30. The van der Waals surface area contributed by atoms with Gasteiger partial charge in [-0.25, -0.2) is 9.78 Å². The van der Waals surface area contributed by atoms with E-state index in [1.807, 2.05) is 30.3 Å². The Labute approximate surface area is 158 Å². The molecule has 0 saturated carbocycles. The quantitative estimate of drug-likeness (QED) is 0.322. The lowest BCUT2D eigenvalue weighted by molar-refractivity contribution is -0.137. The van der Waals surface area contributed by atoms with E-state index >= 15 is 0 Å². The van der Waals surface area contributed by atoms with Crippen molar-refractivity contribution in [2.24, 2.45) is 0 Å². The van der Waals surface area contributed by atoms with E-state index in [-0.39, 0.29) is 0 Å². The van der Waals surface area contributed by atoms with Crippen molar-refractivity contribution in [1.82, 2.24) is 4.98 Å². The fourth-order valence-electron chi connectivity index (χ4n) is 3.22. The lowest BCUT2D eigenvalue weighted by Crippen LogP contribution is -2.05. The number of rotatable bonds is 2. The van der Waals surface area contributed by atoms with Gasteiger partial charge in [0, 0.05) is 16.3 Å². The van der Waals surface area contributed by atoms with Crippen molar-refractivity contribution in [3.8, 4) is 11.3 Å². The summed E-state index contributed by atoms with van der Waals surface area (Å²) in [5.41, 5.74) is 1.05. The van der Waals surface area contributed by atoms with Gasteiger partial charge >= 0.3 is 12.1 Å². The van der Waals surface area contributed by atoms with Crippen LogP contribution in [0.15, 0.2) is 66.7 Å². The van der Waals surface area contributed by atoms with Crippen molar-refractivity contribution in [2.45, 2.75) is 6.18 Å². The van der Waals surface area contributed by atoms with Crippen LogP contribution in [0.2, 0.25) is 0 Å². The molecule has 0 unspecified atom stereocenters. The Hall–Kier alpha value is -3.41. The summed E-state index contributed by atoms with van der Waals surface area (Å²) in [6.07, 6.45) is -4.41. The number of pyridine rings is 1. The van der Waals surface area contributed by atoms with E-state index in [0.29, 0.717) is 27.7 Å². The van der Waals surface area contributed by atoms with Gasteiger partial charge in [-0.2, -0.15) is 13.2 Å². The van der Waals surface area contributed by atoms with Crippen molar-refractivity contribution in [3.63, 3.8) is 0 Å². The topological polar surface area (TPSA) is 39.2 Å². The molecule has 0 aliphatic rings. The van der Waals surface area contributed by atoms with Gasteiger partial charge in [0.15, 0.2) is 0 Å². The monoisotopic (exact) mass is 381 g/mol. The number of carbonyl (C=O) groups excluding carboxylic acids is 1. The average Bonchev–Trinajstić information content (AvgIpc) is 2.71. The zero-order valence-corrected chi connectivity index (χ0v) is 14.7. The molecule has 4 aromatic rings. The normalized spacial score (nSPS) is 11.7. The van der Waals surface area contributed by atoms with Crippen LogP contribution in [0, 0.1) is 0 Å². The summed E-state index contributed by atoms with van der Waals surface area (Å²) in [6, 6.07) is 17.5. The van der Waals surface area contributed by atoms with Crippen molar-refractivity contribution >= 4 is 27.6 Å². The number of hydrogen-bond acceptors (Lipinski definition) is 3. The largest absolute Gasteiger partial charge is 0.465 e. The molecule has 28 heavy (non-hydrogen) atoms. The van der Waals surface area contributed by atoms with Crippen LogP contribution in [0.3, 0.4) is 0 Å². The van der Waals surface area contributed by atoms with Crippen LogP contribution in [-0.2, 0) is 10.9 Å². The van der Waals surface area contributed by atoms with Gasteiger partial charge < -0.3 is 4.74 Å². The fourth-order valence-corrected chi connectivity index (χ4v) is 3.22. The zero-order valence-electron chi connectivity index (χ0n) is 14.7. The number of halogens is 3. The van der Waals surface area contributed by atoms with Crippen molar-refractivity contribution in [1.29, 1.82) is 0 Å². The fraction of sp³-hybridized carbons (Fsp3) is 0.0909. The molecular formula is C22H14F3NO2. The smallest absolute Gasteiger partial charge is 0.416 e. The van der Waals surface area contributed by atoms with Crippen LogP contribution in [0.1, 0.15) is 15.9 Å². The molecule has 0 spiro atoms. The standard InChI is InChI=1S/C22H14F3NO2/c1-28-21(27)18-12-19(14-6-9-15(10-7-14)22(23,24)25)26-20-16-5-3-2-4-13(16)8-11-17(18)20/h2-12H,1H3. The molecule has 0 fully saturated rings. The number of carbonyl (C=O) groups is 1. The van der Waals surface area contributed by atoms with Gasteiger partial charge in [-0.1, -0.05) is 48.5 Å². The van der Waals surface area contributed by atoms with Crippen LogP contribution in [0.5, 0.6) is 0 Å². The van der Waals surface area contributed by atoms with E-state index in [9.17, 15) is 18.0 Å². The molecule has 0 radical (unpaired) electrons. The van der Waals surface area contributed by atoms with Gasteiger partial charge in [0.1, 0.15) is 0 Å². The van der Waals surface area contributed by atoms with E-state index in [1.54, 1.807) is 12.1 Å². The van der Waals surface area contributed by atoms with Crippen molar-refractivity contribution < 1.29 is 22.7 Å². The Bertz CT molecular complexity index is 1200. The minimum Gasteiger partial charge on any atom is -0.465 e. The van der Waals surface area contributed by atoms with Crippen LogP contribution in [-0.4, -0.2) is 18.1 Å². The summed E-state index contributed by atoms with van der Waals surface area (Å²) in [5.74, 6) is -0.532. The molecule has 0 amide bonds. The molecule has 0 aliphatic heterocycles. The van der Waals surface area contributed by atoms with Crippen LogP contribution < -0.4 is 0 Å². The van der Waals surface area contributed by atoms with E-state index in [1.165, 1.54) is 19.2 Å². The summed E-state index contributed by atoms with van der Waals surface area (Å²) in [4.78, 5) is 17.0. The van der Waals surface area contributed by atoms with Crippen LogP contribution >= 0.6 is 0 Å². The van der Waals surface area contributed by atoms with Crippen molar-refractivity contribution in [3.05, 3.63) is 77.9 Å². The second-order valence-electron chi connectivity index (χ2n) is 6.30. The molecule has 4 rings (SSSR count). The third-order valence-corrected chi connectivity index (χ3v) is 4.62. The molecule has 6 heteroatoms. The van der Waals surface area contributed by atoms with Gasteiger partial charge in [0.25, 0.3) is 0 Å². The van der Waals surface area contributed by atoms with Gasteiger partial charge in [-0.3, -0.25) is 0 Å². The first-order valence-electron chi connectivity index (χ1n) is 8.47. The lowest BCUT2D eigenvalue weighted by Gasteiger charge is -2.12. The number of benzene rings is 3. The highest BCUT2D eigenvalue weighted by Crippen LogP contribution is 2.33. The highest BCUT2D eigenvalue weighted by atomic mass is 19.4. The molecule has 0 saturated heterocycles. The molecular weight excluding hydrogens is 367 g/mol. The molecule has 0 aliphatic carbocycles. The maximum atomic E-state index is 12.8. The molecule has 0 N–H and O–H groups in total. The summed E-state index contributed by atoms with van der Waals surface area (Å²) in [6.45, 7) is 0. The summed E-state index contributed by atoms with van der Waals surface area (Å²) in [7, 11) is 1.29. The van der Waals surface area contributed by atoms with Gasteiger partial charge in [-0.05, 0) is 23.6 Å². The lowest BCUT2D eigenvalue weighted by atomic mass is 9.99. The number of esters is 1. The summed E-state index contributed by atoms with van der Waals surface area (Å²) >= 11 is 0. The van der Waals surface area contributed by atoms with E-state index < -0.39 is 17.7 Å². The van der Waals surface area contributed by atoms with Crippen LogP contribution in [0.25, 0.3) is 32.9 Å². The first-order valence-corrected chi connectivity index (χ1v) is 8.47. The van der Waals surface area contributed by atoms with E-state index in [4.69, 9.17) is 4.74 Å². The van der Waals surface area contributed by atoms with E-state index in [2.05, 4.69) is 4.98 Å². The SMILES string of the molecule is COC(=O)c1cc(-c2ccc(C(F)(F)F)cc2)nc2c1ccc1ccccc12. The second kappa shape index (κ2) is 6.64. The molecule has 140 valence electrons. The first-order chi connectivity index (χ1) is 13.4. The number of hydrogen-bond donors (Lipinski definition) is 0. The third-order valence-electron chi connectivity index (χ3n) is 4.62. The molecule has 1 aromatic heterocycles. The Morgan fingerprint density at radius 2 is 1.64 bits per heavy atom. The Morgan fingerprint density at radius 1 is 0.929 bits per heavy atom. The number of aromatic nitrogens is 1. The molecule has 1 heterocycles. The zero-order chi connectivity index (χ0) is 19.9. The van der Waals surface area contributed by atoms with Gasteiger partial charge in [0.05, 0.1) is 29.4 Å². The third kappa shape index (κ3) is 3.07. The molecule has 3 nitrogen and oxygen atoms in total. The Kier molecular flexibility index (Phi) is 4.26. The summed E-state index contributed by atoms with van der Waals surface area (Å²) < 4.78 is 43.4. The minimum absolute atomic E-state index is 0.313. The minimum atomic E-state index is -4.41. The number of nitrogens with zero attached hydrogens (tertiary/aromatic N) is 1. The molecule has 0 bridgehead atoms. The number of ether oxygens (including phenoxy) is 1. The summed E-state index contributed by atoms with van der Waals surface area (Å²) in [5, 5.41) is 2.42. The predicted octanol–water partition coefficient (Wildman–Crippen LogP) is 5.86. The Morgan fingerprint density at radius 3 is 2.32 bits per heavy atom. The number of methoxy groups -OCH3 is 1. The first kappa shape index (κ1) is 18.0.